The summed E-state index contributed by atoms with van der Waals surface area (Å²) in [7, 11) is 0. The fourth-order valence-corrected chi connectivity index (χ4v) is 1.83. The third-order valence-corrected chi connectivity index (χ3v) is 2.70. The Hall–Kier alpha value is -0.180. The van der Waals surface area contributed by atoms with E-state index < -0.39 is 0 Å². The first kappa shape index (κ1) is 12.8. The van der Waals surface area contributed by atoms with Gasteiger partial charge < -0.3 is 5.32 Å². The predicted molar refractivity (Wildman–Crippen MR) is 60.1 cm³/mol. The molecule has 1 unspecified atom stereocenters. The van der Waals surface area contributed by atoms with Gasteiger partial charge in [0.1, 0.15) is 0 Å². The molecular formula is C10H21NOS. The van der Waals surface area contributed by atoms with Crippen LogP contribution < -0.4 is 5.32 Å². The molecule has 0 saturated carbocycles. The van der Waals surface area contributed by atoms with Crippen LogP contribution in [0, 0.1) is 0 Å². The van der Waals surface area contributed by atoms with Crippen molar-refractivity contribution in [3.05, 3.63) is 0 Å². The molecule has 0 fully saturated rings. The summed E-state index contributed by atoms with van der Waals surface area (Å²) < 4.78 is 0. The number of rotatable bonds is 7. The molecule has 0 aliphatic carbocycles. The van der Waals surface area contributed by atoms with Crippen molar-refractivity contribution in [3.63, 3.8) is 0 Å². The highest BCUT2D eigenvalue weighted by atomic mass is 32.2. The number of hydrogen-bond donors (Lipinski definition) is 1. The smallest absolute Gasteiger partial charge is 0.219 e. The maximum Gasteiger partial charge on any atom is 0.219 e. The van der Waals surface area contributed by atoms with Gasteiger partial charge in [-0.2, -0.15) is 11.8 Å². The molecule has 0 aromatic heterocycles. The summed E-state index contributed by atoms with van der Waals surface area (Å²) in [4.78, 5) is 11.1. The zero-order valence-corrected chi connectivity index (χ0v) is 9.75. The lowest BCUT2D eigenvalue weighted by Crippen LogP contribution is -2.36. The summed E-state index contributed by atoms with van der Waals surface area (Å²) in [6, 6.07) is 0.377. The van der Waals surface area contributed by atoms with E-state index >= 15 is 0 Å². The van der Waals surface area contributed by atoms with Crippen molar-refractivity contribution in [1.82, 2.24) is 5.32 Å². The highest BCUT2D eigenvalue weighted by Crippen LogP contribution is 2.06. The number of thioether (sulfide) groups is 1. The van der Waals surface area contributed by atoms with Gasteiger partial charge in [0.2, 0.25) is 5.91 Å². The lowest BCUT2D eigenvalue weighted by Gasteiger charge is -2.16. The van der Waals surface area contributed by atoms with Crippen molar-refractivity contribution in [2.24, 2.45) is 0 Å². The Bertz CT molecular complexity index is 139. The largest absolute Gasteiger partial charge is 0.353 e. The molecule has 0 aromatic carbocycles. The SMILES string of the molecule is CCCCC(CSC)NC(=O)CC. The Labute approximate surface area is 85.9 Å². The molecule has 0 saturated heterocycles. The van der Waals surface area contributed by atoms with Gasteiger partial charge in [-0.1, -0.05) is 26.7 Å². The monoisotopic (exact) mass is 203 g/mol. The topological polar surface area (TPSA) is 29.1 Å². The van der Waals surface area contributed by atoms with E-state index in [0.717, 1.165) is 12.2 Å². The number of carbonyl (C=O) groups is 1. The van der Waals surface area contributed by atoms with Crippen molar-refractivity contribution in [1.29, 1.82) is 0 Å². The second-order valence-electron chi connectivity index (χ2n) is 3.22. The van der Waals surface area contributed by atoms with Crippen LogP contribution in [0.5, 0.6) is 0 Å². The average Bonchev–Trinajstić information content (AvgIpc) is 2.14. The van der Waals surface area contributed by atoms with Gasteiger partial charge in [-0.3, -0.25) is 4.79 Å². The van der Waals surface area contributed by atoms with Crippen LogP contribution in [0.3, 0.4) is 0 Å². The van der Waals surface area contributed by atoms with Gasteiger partial charge in [0, 0.05) is 18.2 Å². The molecule has 2 nitrogen and oxygen atoms in total. The first-order chi connectivity index (χ1) is 6.24. The Morgan fingerprint density at radius 1 is 1.46 bits per heavy atom. The number of nitrogens with one attached hydrogen (secondary N) is 1. The fraction of sp³-hybridized carbons (Fsp3) is 0.900. The van der Waals surface area contributed by atoms with Crippen molar-refractivity contribution >= 4 is 17.7 Å². The van der Waals surface area contributed by atoms with Crippen LogP contribution in [0.15, 0.2) is 0 Å². The number of unbranched alkanes of at least 4 members (excludes halogenated alkanes) is 1. The second kappa shape index (κ2) is 8.42. The normalized spacial score (nSPS) is 12.5. The van der Waals surface area contributed by atoms with Gasteiger partial charge in [-0.25, -0.2) is 0 Å². The van der Waals surface area contributed by atoms with Crippen molar-refractivity contribution in [2.75, 3.05) is 12.0 Å². The minimum atomic E-state index is 0.176. The van der Waals surface area contributed by atoms with Gasteiger partial charge in [0.05, 0.1) is 0 Å². The summed E-state index contributed by atoms with van der Waals surface area (Å²) in [6.45, 7) is 4.07. The van der Waals surface area contributed by atoms with Crippen LogP contribution in [-0.2, 0) is 4.79 Å². The third-order valence-electron chi connectivity index (χ3n) is 1.96. The maximum absolute atomic E-state index is 11.1. The van der Waals surface area contributed by atoms with Crippen molar-refractivity contribution < 1.29 is 4.79 Å². The molecule has 0 radical (unpaired) electrons. The third kappa shape index (κ3) is 6.94. The second-order valence-corrected chi connectivity index (χ2v) is 4.13. The molecule has 13 heavy (non-hydrogen) atoms. The highest BCUT2D eigenvalue weighted by molar-refractivity contribution is 7.98. The Morgan fingerprint density at radius 3 is 2.62 bits per heavy atom. The van der Waals surface area contributed by atoms with E-state index in [9.17, 15) is 4.79 Å². The molecule has 0 bridgehead atoms. The van der Waals surface area contributed by atoms with Crippen LogP contribution in [0.4, 0.5) is 0 Å². The summed E-state index contributed by atoms with van der Waals surface area (Å²) >= 11 is 1.80. The summed E-state index contributed by atoms with van der Waals surface area (Å²) in [5, 5.41) is 3.04. The lowest BCUT2D eigenvalue weighted by atomic mass is 10.1. The Kier molecular flexibility index (Phi) is 8.30. The first-order valence-corrected chi connectivity index (χ1v) is 6.42. The van der Waals surface area contributed by atoms with Crippen LogP contribution in [0.2, 0.25) is 0 Å². The molecule has 0 rings (SSSR count). The van der Waals surface area contributed by atoms with Crippen LogP contribution in [-0.4, -0.2) is 24.0 Å². The van der Waals surface area contributed by atoms with E-state index in [1.807, 2.05) is 6.92 Å². The van der Waals surface area contributed by atoms with E-state index in [0.29, 0.717) is 12.5 Å². The Morgan fingerprint density at radius 2 is 2.15 bits per heavy atom. The van der Waals surface area contributed by atoms with Crippen LogP contribution in [0.25, 0.3) is 0 Å². The molecule has 0 aliphatic rings. The average molecular weight is 203 g/mol. The minimum absolute atomic E-state index is 0.176. The zero-order chi connectivity index (χ0) is 10.1. The van der Waals surface area contributed by atoms with Crippen molar-refractivity contribution in [2.45, 2.75) is 45.6 Å². The van der Waals surface area contributed by atoms with E-state index in [1.54, 1.807) is 11.8 Å². The molecule has 1 amide bonds. The molecule has 0 aliphatic heterocycles. The number of hydrogen-bond acceptors (Lipinski definition) is 2. The molecule has 0 spiro atoms. The number of amides is 1. The van der Waals surface area contributed by atoms with E-state index in [4.69, 9.17) is 0 Å². The fourth-order valence-electron chi connectivity index (χ4n) is 1.18. The molecule has 78 valence electrons. The van der Waals surface area contributed by atoms with Crippen LogP contribution in [0.1, 0.15) is 39.5 Å². The first-order valence-electron chi connectivity index (χ1n) is 5.02. The highest BCUT2D eigenvalue weighted by Gasteiger charge is 2.09. The van der Waals surface area contributed by atoms with E-state index in [1.165, 1.54) is 12.8 Å². The number of carbonyl (C=O) groups excluding carboxylic acids is 1. The van der Waals surface area contributed by atoms with Gasteiger partial charge >= 0.3 is 0 Å². The van der Waals surface area contributed by atoms with Gasteiger partial charge in [-0.15, -0.1) is 0 Å². The predicted octanol–water partition coefficient (Wildman–Crippen LogP) is 2.43. The summed E-state index contributed by atoms with van der Waals surface area (Å²) in [5.41, 5.74) is 0. The summed E-state index contributed by atoms with van der Waals surface area (Å²) in [5.74, 6) is 1.21. The lowest BCUT2D eigenvalue weighted by molar-refractivity contribution is -0.121. The van der Waals surface area contributed by atoms with Gasteiger partial charge in [0.15, 0.2) is 0 Å². The molecule has 0 heterocycles. The Balaban J connectivity index is 3.71. The van der Waals surface area contributed by atoms with E-state index in [2.05, 4.69) is 18.5 Å². The van der Waals surface area contributed by atoms with Crippen molar-refractivity contribution in [3.8, 4) is 0 Å². The quantitative estimate of drug-likeness (QED) is 0.688. The van der Waals surface area contributed by atoms with Gasteiger partial charge in [-0.05, 0) is 12.7 Å². The zero-order valence-electron chi connectivity index (χ0n) is 8.93. The molecule has 3 heteroatoms. The molecule has 0 aromatic rings. The van der Waals surface area contributed by atoms with Gasteiger partial charge in [0.25, 0.3) is 0 Å². The molecule has 1 N–H and O–H groups in total. The minimum Gasteiger partial charge on any atom is -0.353 e. The summed E-state index contributed by atoms with van der Waals surface area (Å²) in [6.07, 6.45) is 6.19. The molecular weight excluding hydrogens is 182 g/mol. The maximum atomic E-state index is 11.1. The van der Waals surface area contributed by atoms with E-state index in [-0.39, 0.29) is 5.91 Å². The standard InChI is InChI=1S/C10H21NOS/c1-4-6-7-9(8-13-3)11-10(12)5-2/h9H,4-8H2,1-3H3,(H,11,12). The molecule has 1 atom stereocenters. The van der Waals surface area contributed by atoms with Crippen LogP contribution >= 0.6 is 11.8 Å².